The molecule has 0 bridgehead atoms. The van der Waals surface area contributed by atoms with Gasteiger partial charge in [-0.25, -0.2) is 4.39 Å². The molecule has 2 aliphatic heterocycles. The molecule has 0 radical (unpaired) electrons. The number of hydrogen-bond acceptors (Lipinski definition) is 6. The van der Waals surface area contributed by atoms with Crippen molar-refractivity contribution in [3.8, 4) is 0 Å². The number of Topliss-reactive ketones (excluding diaryl/α,β-unsaturated/α-hetero) is 2. The van der Waals surface area contributed by atoms with Crippen LogP contribution in [0.5, 0.6) is 0 Å². The van der Waals surface area contributed by atoms with E-state index in [2.05, 4.69) is 15.4 Å². The molecule has 3 atom stereocenters. The number of hydrogen-bond donors (Lipinski definition) is 0. The van der Waals surface area contributed by atoms with Gasteiger partial charge in [0.2, 0.25) is 5.91 Å². The second-order valence-corrected chi connectivity index (χ2v) is 10.6. The SMILES string of the molecule is CC(=O)c1cn(CC(=O)N2[C@@H]3C[C@@H]3C[C@H]2C(=O)CCc2cc(C3=NN=NC3)cc(Cl)c2F)c2ccccc12. The largest absolute Gasteiger partial charge is 0.337 e. The van der Waals surface area contributed by atoms with Gasteiger partial charge in [0, 0.05) is 40.7 Å². The number of rotatable bonds is 8. The number of ketones is 2. The Morgan fingerprint density at radius 3 is 2.74 bits per heavy atom. The van der Waals surface area contributed by atoms with Crippen molar-refractivity contribution in [1.82, 2.24) is 9.47 Å². The Morgan fingerprint density at radius 2 is 1.97 bits per heavy atom. The van der Waals surface area contributed by atoms with Crippen LogP contribution >= 0.6 is 11.6 Å². The highest BCUT2D eigenvalue weighted by atomic mass is 35.5. The quantitative estimate of drug-likeness (QED) is 0.381. The molecule has 194 valence electrons. The smallest absolute Gasteiger partial charge is 0.243 e. The van der Waals surface area contributed by atoms with E-state index in [0.29, 0.717) is 41.3 Å². The lowest BCUT2D eigenvalue weighted by molar-refractivity contribution is -0.139. The van der Waals surface area contributed by atoms with Crippen molar-refractivity contribution in [2.45, 2.75) is 51.2 Å². The van der Waals surface area contributed by atoms with E-state index in [0.717, 1.165) is 17.3 Å². The van der Waals surface area contributed by atoms with Crippen LogP contribution in [-0.4, -0.2) is 51.3 Å². The lowest BCUT2D eigenvalue weighted by atomic mass is 9.98. The van der Waals surface area contributed by atoms with Gasteiger partial charge in [-0.3, -0.25) is 14.4 Å². The third kappa shape index (κ3) is 4.34. The average molecular weight is 534 g/mol. The zero-order chi connectivity index (χ0) is 26.6. The van der Waals surface area contributed by atoms with E-state index < -0.39 is 11.9 Å². The topological polar surface area (TPSA) is 96.5 Å². The summed E-state index contributed by atoms with van der Waals surface area (Å²) < 4.78 is 16.6. The van der Waals surface area contributed by atoms with Crippen LogP contribution in [-0.2, 0) is 22.6 Å². The zero-order valence-electron chi connectivity index (χ0n) is 20.7. The van der Waals surface area contributed by atoms with Crippen LogP contribution in [0.15, 0.2) is 58.0 Å². The lowest BCUT2D eigenvalue weighted by Gasteiger charge is -2.27. The first kappa shape index (κ1) is 24.6. The van der Waals surface area contributed by atoms with E-state index in [1.54, 1.807) is 21.7 Å². The summed E-state index contributed by atoms with van der Waals surface area (Å²) in [4.78, 5) is 40.7. The molecule has 3 aromatic rings. The van der Waals surface area contributed by atoms with E-state index >= 15 is 0 Å². The van der Waals surface area contributed by atoms with Crippen molar-refractivity contribution in [3.63, 3.8) is 0 Å². The highest BCUT2D eigenvalue weighted by molar-refractivity contribution is 6.31. The Bertz CT molecular complexity index is 1560. The van der Waals surface area contributed by atoms with Crippen molar-refractivity contribution < 1.29 is 18.8 Å². The summed E-state index contributed by atoms with van der Waals surface area (Å²) in [7, 11) is 0. The van der Waals surface area contributed by atoms with Crippen molar-refractivity contribution in [2.75, 3.05) is 6.54 Å². The Balaban J connectivity index is 1.18. The molecule has 1 aliphatic carbocycles. The number of fused-ring (bicyclic) bond motifs is 2. The van der Waals surface area contributed by atoms with Crippen LogP contribution < -0.4 is 0 Å². The van der Waals surface area contributed by atoms with Crippen LogP contribution in [0, 0.1) is 11.7 Å². The number of carbonyl (C=O) groups excluding carboxylic acids is 3. The lowest BCUT2D eigenvalue weighted by Crippen LogP contribution is -2.44. The van der Waals surface area contributed by atoms with Crippen molar-refractivity contribution in [2.24, 2.45) is 21.4 Å². The van der Waals surface area contributed by atoms with Gasteiger partial charge >= 0.3 is 0 Å². The van der Waals surface area contributed by atoms with E-state index in [-0.39, 0.29) is 47.9 Å². The average Bonchev–Trinajstić information content (AvgIpc) is 3.27. The molecule has 2 aromatic carbocycles. The summed E-state index contributed by atoms with van der Waals surface area (Å²) >= 11 is 6.12. The van der Waals surface area contributed by atoms with Gasteiger partial charge in [0.1, 0.15) is 18.9 Å². The Kier molecular flexibility index (Phi) is 6.18. The number of amides is 1. The summed E-state index contributed by atoms with van der Waals surface area (Å²) in [6.45, 7) is 1.85. The van der Waals surface area contributed by atoms with E-state index in [9.17, 15) is 18.8 Å². The molecule has 0 N–H and O–H groups in total. The summed E-state index contributed by atoms with van der Waals surface area (Å²) in [5.74, 6) is -0.532. The molecule has 1 amide bonds. The predicted molar refractivity (Wildman–Crippen MR) is 140 cm³/mol. The van der Waals surface area contributed by atoms with Gasteiger partial charge in [0.05, 0.1) is 16.8 Å². The number of aromatic nitrogens is 1. The van der Waals surface area contributed by atoms with E-state index in [1.165, 1.54) is 13.0 Å². The first-order chi connectivity index (χ1) is 18.3. The molecule has 1 saturated heterocycles. The Morgan fingerprint density at radius 1 is 1.16 bits per heavy atom. The first-order valence-electron chi connectivity index (χ1n) is 12.7. The molecule has 1 saturated carbocycles. The second kappa shape index (κ2) is 9.54. The minimum Gasteiger partial charge on any atom is -0.337 e. The van der Waals surface area contributed by atoms with E-state index in [1.807, 2.05) is 24.3 Å². The minimum absolute atomic E-state index is 0.0395. The fraction of sp³-hybridized carbons (Fsp3) is 0.357. The maximum absolute atomic E-state index is 14.8. The zero-order valence-corrected chi connectivity index (χ0v) is 21.5. The standard InChI is InChI=1S/C28H25ClFN5O3/c1-15(36)20-13-34(23-5-3-2-4-19(20)23)14-27(38)35-24-10-18(24)11-25(35)26(37)7-6-16-8-17(9-21(29)28(16)30)22-12-31-33-32-22/h2-5,8-9,13,18,24-25H,6-7,10-12,14H2,1H3/t18-,24-,25+/m1/s1. The molecule has 38 heavy (non-hydrogen) atoms. The van der Waals surface area contributed by atoms with Crippen LogP contribution in [0.25, 0.3) is 10.9 Å². The van der Waals surface area contributed by atoms with E-state index in [4.69, 9.17) is 11.6 Å². The molecular weight excluding hydrogens is 509 g/mol. The fourth-order valence-corrected chi connectivity index (χ4v) is 6.01. The Labute approximate surface area is 223 Å². The maximum Gasteiger partial charge on any atom is 0.243 e. The third-order valence-electron chi connectivity index (χ3n) is 7.76. The predicted octanol–water partition coefficient (Wildman–Crippen LogP) is 5.00. The van der Waals surface area contributed by atoms with Crippen molar-refractivity contribution in [1.29, 1.82) is 0 Å². The highest BCUT2D eigenvalue weighted by Gasteiger charge is 2.55. The number of aryl methyl sites for hydroxylation is 1. The van der Waals surface area contributed by atoms with Gasteiger partial charge in [-0.2, -0.15) is 5.11 Å². The maximum atomic E-state index is 14.8. The molecule has 0 unspecified atom stereocenters. The number of piperidine rings is 1. The third-order valence-corrected chi connectivity index (χ3v) is 8.04. The summed E-state index contributed by atoms with van der Waals surface area (Å²) in [6, 6.07) is 10.2. The van der Waals surface area contributed by atoms with Crippen LogP contribution in [0.1, 0.15) is 47.7 Å². The minimum atomic E-state index is -0.557. The van der Waals surface area contributed by atoms with Gasteiger partial charge in [0.25, 0.3) is 0 Å². The highest BCUT2D eigenvalue weighted by Crippen LogP contribution is 2.48. The molecule has 2 fully saturated rings. The molecule has 0 spiro atoms. The molecular formula is C28H25ClFN5O3. The monoisotopic (exact) mass is 533 g/mol. The first-order valence-corrected chi connectivity index (χ1v) is 13.0. The number of likely N-dealkylation sites (tertiary alicyclic amines) is 1. The van der Waals surface area contributed by atoms with Gasteiger partial charge in [-0.1, -0.05) is 29.8 Å². The summed E-state index contributed by atoms with van der Waals surface area (Å²) in [5, 5.41) is 12.1. The molecule has 3 heterocycles. The number of para-hydroxylation sites is 1. The van der Waals surface area contributed by atoms with Crippen molar-refractivity contribution in [3.05, 3.63) is 70.1 Å². The van der Waals surface area contributed by atoms with Gasteiger partial charge in [0.15, 0.2) is 11.6 Å². The number of benzene rings is 2. The molecule has 1 aromatic heterocycles. The van der Waals surface area contributed by atoms with Crippen LogP contribution in [0.3, 0.4) is 0 Å². The van der Waals surface area contributed by atoms with Gasteiger partial charge in [-0.15, -0.1) is 5.10 Å². The van der Waals surface area contributed by atoms with Crippen molar-refractivity contribution >= 4 is 45.7 Å². The summed E-state index contributed by atoms with van der Waals surface area (Å²) in [6.07, 6.45) is 3.50. The van der Waals surface area contributed by atoms with Gasteiger partial charge in [-0.05, 0) is 61.1 Å². The van der Waals surface area contributed by atoms with Gasteiger partial charge < -0.3 is 9.47 Å². The number of nitrogens with zero attached hydrogens (tertiary/aromatic N) is 5. The van der Waals surface area contributed by atoms with Crippen LogP contribution in [0.4, 0.5) is 4.39 Å². The Hall–Kier alpha value is -3.72. The normalized spacial score (nSPS) is 21.6. The van der Waals surface area contributed by atoms with Crippen LogP contribution in [0.2, 0.25) is 5.02 Å². The number of carbonyl (C=O) groups is 3. The molecule has 8 nitrogen and oxygen atoms in total. The number of halogens is 2. The molecule has 6 rings (SSSR count). The second-order valence-electron chi connectivity index (χ2n) is 10.2. The molecule has 3 aliphatic rings. The fourth-order valence-electron chi connectivity index (χ4n) is 5.77. The summed E-state index contributed by atoms with van der Waals surface area (Å²) in [5.41, 5.74) is 2.93. The molecule has 10 heteroatoms.